The van der Waals surface area contributed by atoms with E-state index in [1.165, 1.54) is 19.2 Å². The molecule has 0 spiro atoms. The van der Waals surface area contributed by atoms with Gasteiger partial charge in [-0.2, -0.15) is 0 Å². The Morgan fingerprint density at radius 1 is 1.50 bits per heavy atom. The lowest BCUT2D eigenvalue weighted by atomic mass is 10.0. The minimum absolute atomic E-state index is 0.0305. The van der Waals surface area contributed by atoms with Crippen molar-refractivity contribution >= 4 is 5.69 Å². The molecule has 0 fully saturated rings. The first-order valence-electron chi connectivity index (χ1n) is 6.64. The number of nitrogens with one attached hydrogen (secondary N) is 1. The standard InChI is InChI=1S/C14H22N2O4/c1-4-7-14(2,17)10-15-9-11-8-12(16(18)19)5-6-13(11)20-3/h5-6,8,15,17H,4,7,9-10H2,1-3H3. The number of rotatable bonds is 8. The molecule has 1 aromatic rings. The van der Waals surface area contributed by atoms with Gasteiger partial charge in [0.05, 0.1) is 17.6 Å². The zero-order valence-corrected chi connectivity index (χ0v) is 12.2. The Hall–Kier alpha value is -1.66. The topological polar surface area (TPSA) is 84.6 Å². The molecule has 1 rings (SSSR count). The molecule has 1 aromatic carbocycles. The molecule has 0 heterocycles. The fourth-order valence-electron chi connectivity index (χ4n) is 2.11. The maximum atomic E-state index is 10.8. The molecule has 2 N–H and O–H groups in total. The third kappa shape index (κ3) is 4.79. The number of benzene rings is 1. The Kier molecular flexibility index (Phi) is 5.91. The van der Waals surface area contributed by atoms with Crippen molar-refractivity contribution in [3.63, 3.8) is 0 Å². The first-order chi connectivity index (χ1) is 9.39. The molecule has 112 valence electrons. The zero-order valence-electron chi connectivity index (χ0n) is 12.2. The Bertz CT molecular complexity index is 460. The third-order valence-corrected chi connectivity index (χ3v) is 3.08. The summed E-state index contributed by atoms with van der Waals surface area (Å²) in [5.41, 5.74) is -0.0418. The van der Waals surface area contributed by atoms with Crippen LogP contribution in [0.15, 0.2) is 18.2 Å². The molecular weight excluding hydrogens is 260 g/mol. The largest absolute Gasteiger partial charge is 0.496 e. The van der Waals surface area contributed by atoms with Crippen LogP contribution in [0.3, 0.4) is 0 Å². The lowest BCUT2D eigenvalue weighted by Crippen LogP contribution is -2.37. The summed E-state index contributed by atoms with van der Waals surface area (Å²) in [6, 6.07) is 4.48. The van der Waals surface area contributed by atoms with Gasteiger partial charge in [-0.1, -0.05) is 13.3 Å². The Balaban J connectivity index is 2.71. The monoisotopic (exact) mass is 282 g/mol. The van der Waals surface area contributed by atoms with Crippen LogP contribution in [-0.4, -0.2) is 29.3 Å². The van der Waals surface area contributed by atoms with Gasteiger partial charge in [0.1, 0.15) is 5.75 Å². The molecule has 0 aliphatic heterocycles. The van der Waals surface area contributed by atoms with Gasteiger partial charge < -0.3 is 15.2 Å². The van der Waals surface area contributed by atoms with E-state index in [4.69, 9.17) is 4.74 Å². The van der Waals surface area contributed by atoms with Crippen molar-refractivity contribution in [2.75, 3.05) is 13.7 Å². The number of nitro benzene ring substituents is 1. The summed E-state index contributed by atoms with van der Waals surface area (Å²) in [6.45, 7) is 4.61. The van der Waals surface area contributed by atoms with Gasteiger partial charge in [0, 0.05) is 30.8 Å². The minimum Gasteiger partial charge on any atom is -0.496 e. The summed E-state index contributed by atoms with van der Waals surface area (Å²) < 4.78 is 5.19. The van der Waals surface area contributed by atoms with Gasteiger partial charge in [-0.3, -0.25) is 10.1 Å². The maximum absolute atomic E-state index is 10.8. The summed E-state index contributed by atoms with van der Waals surface area (Å²) >= 11 is 0. The van der Waals surface area contributed by atoms with Crippen LogP contribution >= 0.6 is 0 Å². The molecule has 0 bridgehead atoms. The summed E-state index contributed by atoms with van der Waals surface area (Å²) in [7, 11) is 1.53. The van der Waals surface area contributed by atoms with Gasteiger partial charge >= 0.3 is 0 Å². The SMILES string of the molecule is CCCC(C)(O)CNCc1cc([N+](=O)[O-])ccc1OC. The van der Waals surface area contributed by atoms with E-state index in [1.54, 1.807) is 13.0 Å². The number of nitrogens with zero attached hydrogens (tertiary/aromatic N) is 1. The highest BCUT2D eigenvalue weighted by Crippen LogP contribution is 2.24. The Morgan fingerprint density at radius 3 is 2.75 bits per heavy atom. The Labute approximate surface area is 118 Å². The van der Waals surface area contributed by atoms with E-state index in [0.717, 1.165) is 6.42 Å². The number of ether oxygens (including phenoxy) is 1. The van der Waals surface area contributed by atoms with Crippen molar-refractivity contribution in [2.45, 2.75) is 38.8 Å². The second kappa shape index (κ2) is 7.21. The van der Waals surface area contributed by atoms with Crippen molar-refractivity contribution in [3.8, 4) is 5.75 Å². The fourth-order valence-corrected chi connectivity index (χ4v) is 2.11. The molecule has 0 aromatic heterocycles. The fraction of sp³-hybridized carbons (Fsp3) is 0.571. The second-order valence-corrected chi connectivity index (χ2v) is 5.10. The molecule has 0 aliphatic rings. The van der Waals surface area contributed by atoms with Crippen LogP contribution in [0.5, 0.6) is 5.75 Å². The van der Waals surface area contributed by atoms with Crippen molar-refractivity contribution < 1.29 is 14.8 Å². The summed E-state index contributed by atoms with van der Waals surface area (Å²) in [5.74, 6) is 0.596. The van der Waals surface area contributed by atoms with Crippen molar-refractivity contribution in [1.29, 1.82) is 0 Å². The van der Waals surface area contributed by atoms with Gasteiger partial charge in [-0.25, -0.2) is 0 Å². The second-order valence-electron chi connectivity index (χ2n) is 5.10. The third-order valence-electron chi connectivity index (χ3n) is 3.08. The van der Waals surface area contributed by atoms with Crippen LogP contribution in [0.1, 0.15) is 32.3 Å². The number of methoxy groups -OCH3 is 1. The van der Waals surface area contributed by atoms with Crippen LogP contribution in [0.25, 0.3) is 0 Å². The number of aliphatic hydroxyl groups is 1. The average Bonchev–Trinajstić information content (AvgIpc) is 2.38. The van der Waals surface area contributed by atoms with Gasteiger partial charge in [0.25, 0.3) is 5.69 Å². The molecule has 0 radical (unpaired) electrons. The summed E-state index contributed by atoms with van der Waals surface area (Å²) in [6.07, 6.45) is 1.60. The molecule has 20 heavy (non-hydrogen) atoms. The first-order valence-corrected chi connectivity index (χ1v) is 6.64. The highest BCUT2D eigenvalue weighted by molar-refractivity contribution is 5.43. The quantitative estimate of drug-likeness (QED) is 0.564. The highest BCUT2D eigenvalue weighted by atomic mass is 16.6. The normalized spacial score (nSPS) is 13.8. The van der Waals surface area contributed by atoms with E-state index in [0.29, 0.717) is 30.8 Å². The number of hydrogen-bond donors (Lipinski definition) is 2. The van der Waals surface area contributed by atoms with E-state index in [-0.39, 0.29) is 5.69 Å². The van der Waals surface area contributed by atoms with E-state index in [1.807, 2.05) is 6.92 Å². The predicted octanol–water partition coefficient (Wildman–Crippen LogP) is 2.24. The molecular formula is C14H22N2O4. The average molecular weight is 282 g/mol. The van der Waals surface area contributed by atoms with E-state index < -0.39 is 10.5 Å². The van der Waals surface area contributed by atoms with Crippen LogP contribution < -0.4 is 10.1 Å². The van der Waals surface area contributed by atoms with Crippen molar-refractivity contribution in [2.24, 2.45) is 0 Å². The van der Waals surface area contributed by atoms with Crippen LogP contribution in [-0.2, 0) is 6.54 Å². The van der Waals surface area contributed by atoms with E-state index >= 15 is 0 Å². The zero-order chi connectivity index (χ0) is 15.2. The molecule has 1 unspecified atom stereocenters. The van der Waals surface area contributed by atoms with Crippen LogP contribution in [0.2, 0.25) is 0 Å². The molecule has 0 amide bonds. The number of non-ortho nitro benzene ring substituents is 1. The molecule has 6 nitrogen and oxygen atoms in total. The molecule has 6 heteroatoms. The van der Waals surface area contributed by atoms with Crippen LogP contribution in [0.4, 0.5) is 5.69 Å². The molecule has 0 saturated carbocycles. The lowest BCUT2D eigenvalue weighted by molar-refractivity contribution is -0.384. The summed E-state index contributed by atoms with van der Waals surface area (Å²) in [4.78, 5) is 10.3. The maximum Gasteiger partial charge on any atom is 0.270 e. The number of hydrogen-bond acceptors (Lipinski definition) is 5. The molecule has 0 aliphatic carbocycles. The van der Waals surface area contributed by atoms with Gasteiger partial charge in [0.2, 0.25) is 0 Å². The van der Waals surface area contributed by atoms with Gasteiger partial charge in [-0.15, -0.1) is 0 Å². The molecule has 1 atom stereocenters. The first kappa shape index (κ1) is 16.4. The van der Waals surface area contributed by atoms with Gasteiger partial charge in [-0.05, 0) is 19.4 Å². The lowest BCUT2D eigenvalue weighted by Gasteiger charge is -2.23. The van der Waals surface area contributed by atoms with Crippen molar-refractivity contribution in [1.82, 2.24) is 5.32 Å². The predicted molar refractivity (Wildman–Crippen MR) is 76.9 cm³/mol. The highest BCUT2D eigenvalue weighted by Gasteiger charge is 2.19. The van der Waals surface area contributed by atoms with Crippen LogP contribution in [0, 0.1) is 10.1 Å². The molecule has 0 saturated heterocycles. The van der Waals surface area contributed by atoms with E-state index in [9.17, 15) is 15.2 Å². The summed E-state index contributed by atoms with van der Waals surface area (Å²) in [5, 5.41) is 24.0. The van der Waals surface area contributed by atoms with Crippen molar-refractivity contribution in [3.05, 3.63) is 33.9 Å². The van der Waals surface area contributed by atoms with E-state index in [2.05, 4.69) is 5.32 Å². The smallest absolute Gasteiger partial charge is 0.270 e. The Morgan fingerprint density at radius 2 is 2.20 bits per heavy atom. The minimum atomic E-state index is -0.775. The number of nitro groups is 1. The van der Waals surface area contributed by atoms with Gasteiger partial charge in [0.15, 0.2) is 0 Å².